The predicted molar refractivity (Wildman–Crippen MR) is 165 cm³/mol. The molecule has 1 heterocycles. The smallest absolute Gasteiger partial charge is 0.257 e. The first-order valence-corrected chi connectivity index (χ1v) is 15.7. The predicted octanol–water partition coefficient (Wildman–Crippen LogP) is 4.71. The van der Waals surface area contributed by atoms with E-state index in [-0.39, 0.29) is 47.6 Å². The van der Waals surface area contributed by atoms with Gasteiger partial charge in [0.2, 0.25) is 0 Å². The number of aliphatic hydroxyl groups is 1. The average molecular weight is 601 g/mol. The topological polar surface area (TPSA) is 107 Å². The van der Waals surface area contributed by atoms with Crippen molar-refractivity contribution in [2.75, 3.05) is 18.1 Å². The van der Waals surface area contributed by atoms with Gasteiger partial charge in [-0.1, -0.05) is 74.5 Å². The quantitative estimate of drug-likeness (QED) is 0.311. The molecule has 41 heavy (non-hydrogen) atoms. The Kier molecular flexibility index (Phi) is 11.4. The average Bonchev–Trinajstić information content (AvgIpc) is 2.94. The van der Waals surface area contributed by atoms with E-state index in [0.29, 0.717) is 31.1 Å². The molecule has 3 aromatic carbocycles. The highest BCUT2D eigenvalue weighted by molar-refractivity contribution is 7.91. The van der Waals surface area contributed by atoms with Gasteiger partial charge in [0.15, 0.2) is 9.84 Å². The number of nitrogens with zero attached hydrogens (tertiary/aromatic N) is 1. The van der Waals surface area contributed by atoms with Crippen molar-refractivity contribution in [3.63, 3.8) is 0 Å². The van der Waals surface area contributed by atoms with Crippen LogP contribution in [-0.4, -0.2) is 59.6 Å². The second-order valence-corrected chi connectivity index (χ2v) is 13.2. The number of phenols is 1. The minimum Gasteiger partial charge on any atom is -0.507 e. The van der Waals surface area contributed by atoms with Crippen LogP contribution in [-0.2, 0) is 29.3 Å². The van der Waals surface area contributed by atoms with Crippen LogP contribution in [0.5, 0.6) is 5.75 Å². The normalized spacial score (nSPS) is 19.9. The van der Waals surface area contributed by atoms with Gasteiger partial charge in [0.25, 0.3) is 5.91 Å². The molecule has 1 aliphatic heterocycles. The molecule has 1 fully saturated rings. The summed E-state index contributed by atoms with van der Waals surface area (Å²) in [6.45, 7) is 7.46. The zero-order chi connectivity index (χ0) is 28.9. The Balaban J connectivity index is 0.00000462. The summed E-state index contributed by atoms with van der Waals surface area (Å²) in [5.41, 5.74) is 4.09. The van der Waals surface area contributed by atoms with Crippen molar-refractivity contribution in [1.82, 2.24) is 10.2 Å². The fraction of sp³-hybridized carbons (Fsp3) is 0.406. The van der Waals surface area contributed by atoms with E-state index in [1.165, 1.54) is 11.6 Å². The van der Waals surface area contributed by atoms with Gasteiger partial charge in [-0.15, -0.1) is 12.4 Å². The maximum atomic E-state index is 13.4. The molecule has 4 rings (SSSR count). The molecule has 0 aromatic heterocycles. The molecule has 0 radical (unpaired) electrons. The van der Waals surface area contributed by atoms with E-state index in [2.05, 4.69) is 31.3 Å². The number of benzene rings is 3. The van der Waals surface area contributed by atoms with Gasteiger partial charge in [-0.25, -0.2) is 8.42 Å². The number of nitrogens with one attached hydrogen (secondary N) is 1. The molecule has 222 valence electrons. The fourth-order valence-corrected chi connectivity index (χ4v) is 7.32. The van der Waals surface area contributed by atoms with Gasteiger partial charge in [-0.3, -0.25) is 4.79 Å². The molecule has 0 spiro atoms. The zero-order valence-corrected chi connectivity index (χ0v) is 25.5. The maximum Gasteiger partial charge on any atom is 0.257 e. The van der Waals surface area contributed by atoms with Crippen LogP contribution in [0.25, 0.3) is 0 Å². The van der Waals surface area contributed by atoms with E-state index in [1.54, 1.807) is 17.0 Å². The summed E-state index contributed by atoms with van der Waals surface area (Å²) < 4.78 is 25.7. The second kappa shape index (κ2) is 14.3. The van der Waals surface area contributed by atoms with Crippen LogP contribution in [0.4, 0.5) is 0 Å². The van der Waals surface area contributed by atoms with Gasteiger partial charge in [-0.2, -0.15) is 0 Å². The van der Waals surface area contributed by atoms with E-state index in [9.17, 15) is 23.4 Å². The highest BCUT2D eigenvalue weighted by Gasteiger charge is 2.39. The van der Waals surface area contributed by atoms with Crippen molar-refractivity contribution < 1.29 is 23.4 Å². The lowest BCUT2D eigenvalue weighted by atomic mass is 9.90. The van der Waals surface area contributed by atoms with E-state index < -0.39 is 27.9 Å². The number of carbonyl (C=O) groups excluding carboxylic acids is 1. The van der Waals surface area contributed by atoms with Crippen LogP contribution >= 0.6 is 12.4 Å². The van der Waals surface area contributed by atoms with Crippen LogP contribution in [0, 0.1) is 5.92 Å². The van der Waals surface area contributed by atoms with Crippen LogP contribution < -0.4 is 5.32 Å². The highest BCUT2D eigenvalue weighted by Crippen LogP contribution is 2.28. The number of hydrogen-bond donors (Lipinski definition) is 3. The molecular weight excluding hydrogens is 560 g/mol. The molecule has 3 N–H and O–H groups in total. The van der Waals surface area contributed by atoms with Gasteiger partial charge in [0.05, 0.1) is 23.2 Å². The van der Waals surface area contributed by atoms with Gasteiger partial charge >= 0.3 is 0 Å². The summed E-state index contributed by atoms with van der Waals surface area (Å²) in [6, 6.07) is 22.0. The van der Waals surface area contributed by atoms with E-state index >= 15 is 0 Å². The molecule has 1 amide bonds. The Morgan fingerprint density at radius 1 is 0.976 bits per heavy atom. The minimum absolute atomic E-state index is 0. The summed E-state index contributed by atoms with van der Waals surface area (Å²) in [4.78, 5) is 15.0. The summed E-state index contributed by atoms with van der Waals surface area (Å²) in [6.07, 6.45) is -0.609. The first kappa shape index (κ1) is 32.6. The molecule has 3 aromatic rings. The number of halogens is 1. The van der Waals surface area contributed by atoms with Crippen LogP contribution in [0.3, 0.4) is 0 Å². The van der Waals surface area contributed by atoms with E-state index in [0.717, 1.165) is 11.1 Å². The summed E-state index contributed by atoms with van der Waals surface area (Å²) >= 11 is 0. The van der Waals surface area contributed by atoms with Crippen molar-refractivity contribution in [1.29, 1.82) is 0 Å². The Morgan fingerprint density at radius 2 is 1.68 bits per heavy atom. The molecule has 1 aliphatic rings. The Bertz CT molecular complexity index is 1410. The van der Waals surface area contributed by atoms with Crippen LogP contribution in [0.1, 0.15) is 59.3 Å². The molecule has 9 heteroatoms. The Morgan fingerprint density at radius 3 is 2.37 bits per heavy atom. The number of amides is 1. The summed E-state index contributed by atoms with van der Waals surface area (Å²) in [7, 11) is -3.39. The molecule has 7 nitrogen and oxygen atoms in total. The van der Waals surface area contributed by atoms with Crippen molar-refractivity contribution in [3.05, 3.63) is 101 Å². The molecule has 1 saturated heterocycles. The third kappa shape index (κ3) is 8.55. The van der Waals surface area contributed by atoms with E-state index in [1.807, 2.05) is 49.4 Å². The number of hydrogen-bond acceptors (Lipinski definition) is 6. The van der Waals surface area contributed by atoms with Gasteiger partial charge in [0.1, 0.15) is 5.75 Å². The van der Waals surface area contributed by atoms with Gasteiger partial charge in [-0.05, 0) is 53.6 Å². The monoisotopic (exact) mass is 600 g/mol. The summed E-state index contributed by atoms with van der Waals surface area (Å²) in [5, 5.41) is 25.0. The highest BCUT2D eigenvalue weighted by atomic mass is 35.5. The molecule has 0 saturated carbocycles. The standard InChI is InChI=1S/C32H40N2O5S.ClH/c1-4-34(19-23-9-6-5-7-10-23)32(37)28-17-24(13-14-30(28)35)15-27-20-40(38,39)21-29(31(27)36)33-18-25-11-8-12-26(16-25)22(2)3;/h5-14,16-17,22,27,29,31,33,35-36H,4,15,18-21H2,1-3H3;1H/t27-,29+,31+;/m1./s1. The number of rotatable bonds is 10. The molecule has 0 unspecified atom stereocenters. The van der Waals surface area contributed by atoms with Crippen molar-refractivity contribution in [2.45, 2.75) is 58.3 Å². The lowest BCUT2D eigenvalue weighted by Gasteiger charge is -2.35. The fourth-order valence-electron chi connectivity index (χ4n) is 5.35. The first-order valence-electron chi connectivity index (χ1n) is 13.9. The van der Waals surface area contributed by atoms with Gasteiger partial charge < -0.3 is 20.4 Å². The second-order valence-electron chi connectivity index (χ2n) is 11.1. The van der Waals surface area contributed by atoms with Crippen molar-refractivity contribution in [3.8, 4) is 5.75 Å². The zero-order valence-electron chi connectivity index (χ0n) is 23.9. The number of phenolic OH excluding ortho intramolecular Hbond substituents is 1. The van der Waals surface area contributed by atoms with E-state index in [4.69, 9.17) is 0 Å². The van der Waals surface area contributed by atoms with Crippen LogP contribution in [0.2, 0.25) is 0 Å². The molecule has 0 aliphatic carbocycles. The minimum atomic E-state index is -3.39. The SMILES string of the molecule is CCN(Cc1ccccc1)C(=O)c1cc(C[C@@H]2CS(=O)(=O)C[C@H](NCc3cccc(C(C)C)c3)[C@H]2O)ccc1O.Cl. The molecular formula is C32H41ClN2O5S. The number of aliphatic hydroxyl groups excluding tert-OH is 1. The Hall–Kier alpha value is -2.91. The summed E-state index contributed by atoms with van der Waals surface area (Å²) in [5.74, 6) is -0.842. The third-order valence-electron chi connectivity index (χ3n) is 7.66. The lowest BCUT2D eigenvalue weighted by molar-refractivity contribution is 0.0748. The number of aromatic hydroxyl groups is 1. The lowest BCUT2D eigenvalue weighted by Crippen LogP contribution is -2.54. The largest absolute Gasteiger partial charge is 0.507 e. The first-order chi connectivity index (χ1) is 19.1. The Labute approximate surface area is 249 Å². The third-order valence-corrected chi connectivity index (χ3v) is 9.46. The maximum absolute atomic E-state index is 13.4. The molecule has 0 bridgehead atoms. The molecule has 3 atom stereocenters. The van der Waals surface area contributed by atoms with Crippen molar-refractivity contribution >= 4 is 28.2 Å². The number of sulfone groups is 1. The van der Waals surface area contributed by atoms with Crippen molar-refractivity contribution in [2.24, 2.45) is 5.92 Å². The van der Waals surface area contributed by atoms with Gasteiger partial charge in [0, 0.05) is 31.6 Å². The number of carbonyl (C=O) groups is 1. The van der Waals surface area contributed by atoms with Crippen LogP contribution in [0.15, 0.2) is 72.8 Å².